The third-order valence-electron chi connectivity index (χ3n) is 8.25. The van der Waals surface area contributed by atoms with E-state index in [1.54, 1.807) is 0 Å². The van der Waals surface area contributed by atoms with Crippen LogP contribution in [0.15, 0.2) is 0 Å². The van der Waals surface area contributed by atoms with Crippen LogP contribution in [0.5, 0.6) is 0 Å². The zero-order valence-corrected chi connectivity index (χ0v) is 17.1. The van der Waals surface area contributed by atoms with Crippen molar-refractivity contribution in [2.24, 2.45) is 8.27 Å². The third-order valence-corrected chi connectivity index (χ3v) is 67.5. The fraction of sp³-hybridized carbons (Fsp3) is 0.917. The van der Waals surface area contributed by atoms with E-state index in [-0.39, 0.29) is 0 Å². The first-order chi connectivity index (χ1) is 7.65. The quantitative estimate of drug-likeness (QED) is 0.684. The van der Waals surface area contributed by atoms with Crippen molar-refractivity contribution in [2.45, 2.75) is 30.0 Å². The van der Waals surface area contributed by atoms with Crippen molar-refractivity contribution in [3.05, 3.63) is 0 Å². The summed E-state index contributed by atoms with van der Waals surface area (Å²) >= 11 is -5.97. The van der Waals surface area contributed by atoms with Crippen molar-refractivity contribution in [3.63, 3.8) is 0 Å². The van der Waals surface area contributed by atoms with Crippen LogP contribution < -0.4 is 8.27 Å². The van der Waals surface area contributed by atoms with Gasteiger partial charge >= 0.3 is 107 Å². The van der Waals surface area contributed by atoms with Crippen LogP contribution in [0, 0.1) is 0 Å². The van der Waals surface area contributed by atoms with E-state index in [0.717, 1.165) is 0 Å². The van der Waals surface area contributed by atoms with Crippen LogP contribution in [-0.2, 0) is 12.7 Å². The van der Waals surface area contributed by atoms with Crippen molar-refractivity contribution in [3.8, 4) is 0 Å². The van der Waals surface area contributed by atoms with Crippen LogP contribution in [0.3, 0.4) is 0 Å². The molecule has 0 amide bonds. The summed E-state index contributed by atoms with van der Waals surface area (Å²) < 4.78 is 24.9. The SMILES string of the molecule is C[CH]=[Ta]([NH2])([NH2])([CH2]C)([CH2]C)([N](C)C)([N](C)C)[N](C)C. The van der Waals surface area contributed by atoms with Crippen molar-refractivity contribution in [2.75, 3.05) is 42.3 Å². The monoisotopic (exact) mass is 431 g/mol. The fourth-order valence-electron chi connectivity index (χ4n) is 4.05. The molecule has 0 saturated carbocycles. The maximum atomic E-state index is 7.52. The molecular formula is C12H36N5Ta. The van der Waals surface area contributed by atoms with Gasteiger partial charge < -0.3 is 0 Å². The number of nitrogens with two attached hydrogens (primary N) is 2. The molecule has 0 aromatic rings. The van der Waals surface area contributed by atoms with Crippen molar-refractivity contribution in [1.29, 1.82) is 0 Å². The van der Waals surface area contributed by atoms with E-state index >= 15 is 0 Å². The minimum absolute atomic E-state index is 0.674. The Morgan fingerprint density at radius 2 is 1.00 bits per heavy atom. The van der Waals surface area contributed by atoms with Gasteiger partial charge in [-0.1, -0.05) is 0 Å². The normalized spacial score (nSPS) is 22.3. The molecule has 6 heteroatoms. The Hall–Kier alpha value is 0.410. The molecule has 0 aromatic carbocycles. The Morgan fingerprint density at radius 1 is 0.778 bits per heavy atom. The van der Waals surface area contributed by atoms with E-state index in [4.69, 9.17) is 8.27 Å². The molecule has 0 heterocycles. The first-order valence-corrected chi connectivity index (χ1v) is 21.1. The Bertz CT molecular complexity index is 471. The molecule has 0 rings (SSSR count). The average Bonchev–Trinajstić information content (AvgIpc) is 2.31. The van der Waals surface area contributed by atoms with Gasteiger partial charge in [0.1, 0.15) is 0 Å². The van der Waals surface area contributed by atoms with E-state index in [2.05, 4.69) is 28.0 Å². The van der Waals surface area contributed by atoms with E-state index in [1.165, 1.54) is 0 Å². The van der Waals surface area contributed by atoms with E-state index < -0.39 is 12.7 Å². The molecule has 0 aliphatic carbocycles. The Morgan fingerprint density at radius 3 is 1.00 bits per heavy atom. The van der Waals surface area contributed by atoms with Gasteiger partial charge in [0, 0.05) is 0 Å². The molecule has 0 aliphatic heterocycles. The Balaban J connectivity index is 7.90. The maximum absolute atomic E-state index is 7.52. The molecule has 0 radical (unpaired) electrons. The van der Waals surface area contributed by atoms with Crippen LogP contribution in [0.1, 0.15) is 20.8 Å². The van der Waals surface area contributed by atoms with Gasteiger partial charge in [0.15, 0.2) is 0 Å². The molecule has 0 unspecified atom stereocenters. The van der Waals surface area contributed by atoms with Gasteiger partial charge in [0.05, 0.1) is 0 Å². The first-order valence-electron chi connectivity index (χ1n) is 6.68. The second-order valence-electron chi connectivity index (χ2n) is 7.35. The zero-order chi connectivity index (χ0) is 15.2. The number of nitrogens with zero attached hydrogens (tertiary/aromatic N) is 3. The average molecular weight is 431 g/mol. The molecule has 18 heavy (non-hydrogen) atoms. The molecule has 0 aromatic heterocycles. The first kappa shape index (κ1) is 18.4. The molecule has 0 atom stereocenters. The van der Waals surface area contributed by atoms with Crippen LogP contribution in [0.2, 0.25) is 9.28 Å². The molecule has 0 bridgehead atoms. The molecule has 5 nitrogen and oxygen atoms in total. The standard InChI is InChI=1S/3C2H6N.2C2H5.C2H4.2H2N.Ta/c3*1-3-2;3*1-2;;;/h3*1-2H3;2*1H2,2H3;1H,2H3;2*1H2;/q3*-1;;;;2*-1;+5. The summed E-state index contributed by atoms with van der Waals surface area (Å²) in [6, 6.07) is 0. The summed E-state index contributed by atoms with van der Waals surface area (Å²) in [6.07, 6.45) is 0. The summed E-state index contributed by atoms with van der Waals surface area (Å²) in [4.78, 5) is 0. The Labute approximate surface area is 107 Å². The van der Waals surface area contributed by atoms with Gasteiger partial charge in [0.25, 0.3) is 0 Å². The predicted octanol–water partition coefficient (Wildman–Crippen LogP) is 1.16. The van der Waals surface area contributed by atoms with Crippen molar-refractivity contribution in [1.82, 2.24) is 9.91 Å². The second kappa shape index (κ2) is 2.87. The summed E-state index contributed by atoms with van der Waals surface area (Å²) in [5.41, 5.74) is 0. The van der Waals surface area contributed by atoms with Gasteiger partial charge in [-0.05, 0) is 0 Å². The third kappa shape index (κ3) is 0.969. The topological polar surface area (TPSA) is 61.8 Å². The van der Waals surface area contributed by atoms with E-state index in [0.29, 0.717) is 9.28 Å². The van der Waals surface area contributed by atoms with Crippen LogP contribution >= 0.6 is 0 Å². The fourth-order valence-corrected chi connectivity index (χ4v) is 33.2. The summed E-state index contributed by atoms with van der Waals surface area (Å²) in [5, 5.41) is 0. The van der Waals surface area contributed by atoms with E-state index in [1.807, 2.05) is 49.2 Å². The van der Waals surface area contributed by atoms with Crippen LogP contribution in [-0.4, -0.2) is 56.4 Å². The van der Waals surface area contributed by atoms with Crippen LogP contribution in [0.4, 0.5) is 0 Å². The second-order valence-corrected chi connectivity index (χ2v) is 50.6. The molecular weight excluding hydrogens is 395 g/mol. The number of hydrogen-bond donors (Lipinski definition) is 2. The molecule has 0 aliphatic rings. The molecule has 4 N–H and O–H groups in total. The predicted molar refractivity (Wildman–Crippen MR) is 82.1 cm³/mol. The van der Waals surface area contributed by atoms with Gasteiger partial charge in [-0.25, -0.2) is 0 Å². The Kier molecular flexibility index (Phi) is 2.94. The van der Waals surface area contributed by atoms with Crippen molar-refractivity contribution >= 4 is 4.23 Å². The molecule has 0 fully saturated rings. The summed E-state index contributed by atoms with van der Waals surface area (Å²) in [5.74, 6) is 0. The minimum atomic E-state index is -5.97. The van der Waals surface area contributed by atoms with Gasteiger partial charge in [-0.3, -0.25) is 0 Å². The summed E-state index contributed by atoms with van der Waals surface area (Å²) in [7, 11) is 12.1. The van der Waals surface area contributed by atoms with Gasteiger partial charge in [-0.2, -0.15) is 0 Å². The summed E-state index contributed by atoms with van der Waals surface area (Å²) in [6.45, 7) is 6.23. The van der Waals surface area contributed by atoms with E-state index in [9.17, 15) is 0 Å². The van der Waals surface area contributed by atoms with Crippen molar-refractivity contribution < 1.29 is 12.7 Å². The number of hydrogen-bond acceptors (Lipinski definition) is 5. The molecule has 0 saturated heterocycles. The van der Waals surface area contributed by atoms with Gasteiger partial charge in [-0.15, -0.1) is 0 Å². The molecule has 114 valence electrons. The van der Waals surface area contributed by atoms with Gasteiger partial charge in [0.2, 0.25) is 0 Å². The number of rotatable bonds is 5. The van der Waals surface area contributed by atoms with Crippen LogP contribution in [0.25, 0.3) is 0 Å². The molecule has 0 spiro atoms. The zero-order valence-electron chi connectivity index (χ0n) is 13.9.